The van der Waals surface area contributed by atoms with E-state index in [0.717, 1.165) is 5.56 Å². The van der Waals surface area contributed by atoms with Crippen LogP contribution < -0.4 is 16.0 Å². The van der Waals surface area contributed by atoms with E-state index in [1.165, 1.54) is 9.13 Å². The van der Waals surface area contributed by atoms with E-state index in [0.29, 0.717) is 54.1 Å². The van der Waals surface area contributed by atoms with Crippen LogP contribution in [0.5, 0.6) is 5.75 Å². The third-order valence-corrected chi connectivity index (χ3v) is 5.13. The van der Waals surface area contributed by atoms with Gasteiger partial charge in [-0.1, -0.05) is 23.7 Å². The Morgan fingerprint density at radius 2 is 1.83 bits per heavy atom. The molecule has 8 nitrogen and oxygen atoms in total. The Balaban J connectivity index is 1.98. The Bertz CT molecular complexity index is 1210. The van der Waals surface area contributed by atoms with Crippen LogP contribution in [0.15, 0.2) is 27.8 Å². The number of halogens is 1. The maximum absolute atomic E-state index is 12.8. The van der Waals surface area contributed by atoms with Crippen molar-refractivity contribution in [1.82, 2.24) is 18.7 Å². The van der Waals surface area contributed by atoms with Crippen LogP contribution in [0.4, 0.5) is 0 Å². The monoisotopic (exact) mass is 432 g/mol. The highest BCUT2D eigenvalue weighted by atomic mass is 35.5. The smallest absolute Gasteiger partial charge is 0.332 e. The molecule has 0 aliphatic heterocycles. The first kappa shape index (κ1) is 21.9. The molecule has 2 heterocycles. The van der Waals surface area contributed by atoms with Crippen LogP contribution in [0.25, 0.3) is 23.3 Å². The Kier molecular flexibility index (Phi) is 6.79. The van der Waals surface area contributed by atoms with Crippen molar-refractivity contribution in [2.75, 3.05) is 20.3 Å². The molecule has 0 unspecified atom stereocenters. The second kappa shape index (κ2) is 9.32. The molecular weight excluding hydrogens is 408 g/mol. The average Bonchev–Trinajstić information content (AvgIpc) is 3.05. The molecular formula is C21H25ClN4O4. The molecule has 1 aromatic carbocycles. The average molecular weight is 433 g/mol. The van der Waals surface area contributed by atoms with Crippen LogP contribution in [-0.4, -0.2) is 39.0 Å². The van der Waals surface area contributed by atoms with Gasteiger partial charge in [-0.25, -0.2) is 9.78 Å². The summed E-state index contributed by atoms with van der Waals surface area (Å²) in [7, 11) is 3.37. The fraction of sp³-hybridized carbons (Fsp3) is 0.381. The van der Waals surface area contributed by atoms with Gasteiger partial charge in [-0.2, -0.15) is 0 Å². The molecule has 0 saturated carbocycles. The van der Waals surface area contributed by atoms with Gasteiger partial charge in [0.25, 0.3) is 5.56 Å². The molecule has 160 valence electrons. The van der Waals surface area contributed by atoms with Gasteiger partial charge >= 0.3 is 5.69 Å². The second-order valence-electron chi connectivity index (χ2n) is 6.64. The van der Waals surface area contributed by atoms with Crippen molar-refractivity contribution in [3.8, 4) is 5.75 Å². The number of aryl methyl sites for hydroxylation is 2. The molecule has 3 rings (SSSR count). The molecule has 0 atom stereocenters. The van der Waals surface area contributed by atoms with Crippen molar-refractivity contribution >= 4 is 34.9 Å². The molecule has 0 amide bonds. The first-order valence-corrected chi connectivity index (χ1v) is 10.1. The molecule has 30 heavy (non-hydrogen) atoms. The number of nitrogens with zero attached hydrogens (tertiary/aromatic N) is 4. The topological polar surface area (TPSA) is 80.3 Å². The van der Waals surface area contributed by atoms with Gasteiger partial charge in [-0.05, 0) is 37.6 Å². The standard InChI is InChI=1S/C21H25ClN4O4/c1-5-25-19-18(20(27)26(6-2)21(25)28)24(3)17(23-19)10-8-14-7-9-16(15(22)13-14)30-12-11-29-4/h7-10,13H,5-6,11-12H2,1-4H3. The maximum atomic E-state index is 12.8. The lowest BCUT2D eigenvalue weighted by molar-refractivity contribution is 0.146. The lowest BCUT2D eigenvalue weighted by Gasteiger charge is -2.08. The zero-order valence-corrected chi connectivity index (χ0v) is 18.3. The fourth-order valence-electron chi connectivity index (χ4n) is 3.24. The Labute approximate surface area is 178 Å². The summed E-state index contributed by atoms with van der Waals surface area (Å²) in [6, 6.07) is 5.45. The first-order valence-electron chi connectivity index (χ1n) is 9.72. The fourth-order valence-corrected chi connectivity index (χ4v) is 3.48. The SMILES string of the molecule is CCn1c(=O)c2c(nc(C=Cc3ccc(OCCOC)c(Cl)c3)n2C)n(CC)c1=O. The van der Waals surface area contributed by atoms with E-state index >= 15 is 0 Å². The molecule has 0 fully saturated rings. The van der Waals surface area contributed by atoms with Gasteiger partial charge in [0.15, 0.2) is 11.2 Å². The molecule has 0 saturated heterocycles. The van der Waals surface area contributed by atoms with Gasteiger partial charge in [-0.3, -0.25) is 13.9 Å². The molecule has 0 aliphatic carbocycles. The third kappa shape index (κ3) is 4.06. The van der Waals surface area contributed by atoms with Crippen LogP contribution in [0.3, 0.4) is 0 Å². The van der Waals surface area contributed by atoms with Gasteiger partial charge in [0.1, 0.15) is 18.2 Å². The van der Waals surface area contributed by atoms with Gasteiger partial charge in [0.05, 0.1) is 11.6 Å². The maximum Gasteiger partial charge on any atom is 0.332 e. The summed E-state index contributed by atoms with van der Waals surface area (Å²) in [5.74, 6) is 1.15. The van der Waals surface area contributed by atoms with Crippen LogP contribution >= 0.6 is 11.6 Å². The first-order chi connectivity index (χ1) is 14.4. The van der Waals surface area contributed by atoms with E-state index in [1.807, 2.05) is 19.1 Å². The minimum atomic E-state index is -0.345. The minimum Gasteiger partial charge on any atom is -0.490 e. The van der Waals surface area contributed by atoms with Crippen LogP contribution in [-0.2, 0) is 24.9 Å². The van der Waals surface area contributed by atoms with Crippen LogP contribution in [0.1, 0.15) is 25.2 Å². The van der Waals surface area contributed by atoms with E-state index in [9.17, 15) is 9.59 Å². The van der Waals surface area contributed by atoms with Crippen molar-refractivity contribution in [3.63, 3.8) is 0 Å². The summed E-state index contributed by atoms with van der Waals surface area (Å²) in [6.07, 6.45) is 3.64. The number of rotatable bonds is 8. The zero-order valence-electron chi connectivity index (χ0n) is 17.5. The number of fused-ring (bicyclic) bond motifs is 1. The van der Waals surface area contributed by atoms with Crippen molar-refractivity contribution < 1.29 is 9.47 Å². The Hall–Kier alpha value is -2.84. The number of ether oxygens (including phenoxy) is 2. The summed E-state index contributed by atoms with van der Waals surface area (Å²) in [4.78, 5) is 29.9. The summed E-state index contributed by atoms with van der Waals surface area (Å²) in [6.45, 7) is 5.26. The number of aromatic nitrogens is 4. The number of imidazole rings is 1. The molecule has 0 radical (unpaired) electrons. The van der Waals surface area contributed by atoms with E-state index in [4.69, 9.17) is 21.1 Å². The number of benzene rings is 1. The molecule has 0 aliphatic rings. The van der Waals surface area contributed by atoms with Crippen molar-refractivity contribution in [2.24, 2.45) is 7.05 Å². The third-order valence-electron chi connectivity index (χ3n) is 4.83. The molecule has 0 bridgehead atoms. The van der Waals surface area contributed by atoms with Crippen molar-refractivity contribution in [2.45, 2.75) is 26.9 Å². The second-order valence-corrected chi connectivity index (χ2v) is 7.05. The highest BCUT2D eigenvalue weighted by Gasteiger charge is 2.17. The quantitative estimate of drug-likeness (QED) is 0.511. The minimum absolute atomic E-state index is 0.307. The number of hydrogen-bond donors (Lipinski definition) is 0. The largest absolute Gasteiger partial charge is 0.490 e. The van der Waals surface area contributed by atoms with Gasteiger partial charge in [0, 0.05) is 27.2 Å². The summed E-state index contributed by atoms with van der Waals surface area (Å²) < 4.78 is 15.0. The predicted molar refractivity (Wildman–Crippen MR) is 118 cm³/mol. The molecule has 0 spiro atoms. The zero-order chi connectivity index (χ0) is 21.8. The van der Waals surface area contributed by atoms with Crippen molar-refractivity contribution in [3.05, 3.63) is 55.4 Å². The van der Waals surface area contributed by atoms with E-state index in [-0.39, 0.29) is 11.2 Å². The molecule has 0 N–H and O–H groups in total. The van der Waals surface area contributed by atoms with Gasteiger partial charge < -0.3 is 14.0 Å². The van der Waals surface area contributed by atoms with Gasteiger partial charge in [0.2, 0.25) is 0 Å². The molecule has 2 aromatic heterocycles. The Morgan fingerprint density at radius 3 is 2.47 bits per heavy atom. The van der Waals surface area contributed by atoms with Crippen molar-refractivity contribution in [1.29, 1.82) is 0 Å². The lowest BCUT2D eigenvalue weighted by atomic mass is 10.2. The summed E-state index contributed by atoms with van der Waals surface area (Å²) >= 11 is 6.29. The normalized spacial score (nSPS) is 11.6. The molecule has 9 heteroatoms. The number of hydrogen-bond acceptors (Lipinski definition) is 5. The van der Waals surface area contributed by atoms with E-state index in [2.05, 4.69) is 4.98 Å². The highest BCUT2D eigenvalue weighted by Crippen LogP contribution is 2.26. The lowest BCUT2D eigenvalue weighted by Crippen LogP contribution is -2.39. The Morgan fingerprint density at radius 1 is 1.10 bits per heavy atom. The van der Waals surface area contributed by atoms with Crippen LogP contribution in [0.2, 0.25) is 5.02 Å². The highest BCUT2D eigenvalue weighted by molar-refractivity contribution is 6.32. The molecule has 3 aromatic rings. The van der Waals surface area contributed by atoms with E-state index < -0.39 is 0 Å². The van der Waals surface area contributed by atoms with Gasteiger partial charge in [-0.15, -0.1) is 0 Å². The number of methoxy groups -OCH3 is 1. The predicted octanol–water partition coefficient (Wildman–Crippen LogP) is 2.79. The summed E-state index contributed by atoms with van der Waals surface area (Å²) in [5, 5.41) is 0.490. The van der Waals surface area contributed by atoms with Crippen LogP contribution in [0, 0.1) is 0 Å². The summed E-state index contributed by atoms with van der Waals surface area (Å²) in [5.41, 5.74) is 0.960. The van der Waals surface area contributed by atoms with E-state index in [1.54, 1.807) is 43.9 Å².